The van der Waals surface area contributed by atoms with Gasteiger partial charge in [-0.2, -0.15) is 0 Å². The average Bonchev–Trinajstić information content (AvgIpc) is 2.34. The Hall–Kier alpha value is -1.12. The minimum atomic E-state index is 0.120. The number of hydrogen-bond donors (Lipinski definition) is 1. The second-order valence-corrected chi connectivity index (χ2v) is 6.42. The first kappa shape index (κ1) is 12.9. The van der Waals surface area contributed by atoms with Crippen molar-refractivity contribution in [2.45, 2.75) is 31.7 Å². The lowest BCUT2D eigenvalue weighted by Gasteiger charge is -2.32. The Morgan fingerprint density at radius 3 is 2.79 bits per heavy atom. The fraction of sp³-hybridized carbons (Fsp3) is 0.294. The molecule has 2 heteroatoms. The molecule has 2 aromatic rings. The summed E-state index contributed by atoms with van der Waals surface area (Å²) >= 11 is 3.55. The lowest BCUT2D eigenvalue weighted by Crippen LogP contribution is -2.22. The largest absolute Gasteiger partial charge is 0.324 e. The molecule has 1 aliphatic rings. The van der Waals surface area contributed by atoms with Crippen LogP contribution in [0.5, 0.6) is 0 Å². The molecule has 1 aliphatic carbocycles. The molecule has 2 unspecified atom stereocenters. The van der Waals surface area contributed by atoms with E-state index < -0.39 is 0 Å². The van der Waals surface area contributed by atoms with E-state index in [2.05, 4.69) is 65.3 Å². The standard InChI is InChI=1S/C17H18BrN/c1-11-6-14(9-15(18)7-11)17(19)10-13-8-12-4-2-3-5-16(12)13/h2-7,9,13,17H,8,10,19H2,1H3. The highest BCUT2D eigenvalue weighted by Gasteiger charge is 2.27. The van der Waals surface area contributed by atoms with Gasteiger partial charge >= 0.3 is 0 Å². The van der Waals surface area contributed by atoms with E-state index in [-0.39, 0.29) is 6.04 Å². The van der Waals surface area contributed by atoms with Gasteiger partial charge in [-0.1, -0.05) is 46.3 Å². The predicted molar refractivity (Wildman–Crippen MR) is 83.3 cm³/mol. The zero-order valence-electron chi connectivity index (χ0n) is 11.1. The van der Waals surface area contributed by atoms with E-state index in [1.54, 1.807) is 0 Å². The van der Waals surface area contributed by atoms with Crippen LogP contribution in [0.4, 0.5) is 0 Å². The zero-order chi connectivity index (χ0) is 13.4. The van der Waals surface area contributed by atoms with Crippen molar-refractivity contribution in [1.29, 1.82) is 0 Å². The number of benzene rings is 2. The molecule has 0 amide bonds. The minimum Gasteiger partial charge on any atom is -0.324 e. The van der Waals surface area contributed by atoms with Crippen LogP contribution in [0.1, 0.15) is 40.6 Å². The Morgan fingerprint density at radius 1 is 1.26 bits per heavy atom. The SMILES string of the molecule is Cc1cc(Br)cc(C(N)CC2Cc3ccccc32)c1. The highest BCUT2D eigenvalue weighted by Crippen LogP contribution is 2.40. The number of nitrogens with two attached hydrogens (primary N) is 1. The van der Waals surface area contributed by atoms with Crippen molar-refractivity contribution in [3.05, 3.63) is 69.2 Å². The van der Waals surface area contributed by atoms with Crippen molar-refractivity contribution < 1.29 is 0 Å². The topological polar surface area (TPSA) is 26.0 Å². The normalized spacial score (nSPS) is 18.6. The van der Waals surface area contributed by atoms with E-state index in [9.17, 15) is 0 Å². The Morgan fingerprint density at radius 2 is 2.05 bits per heavy atom. The maximum atomic E-state index is 6.38. The molecule has 3 rings (SSSR count). The van der Waals surface area contributed by atoms with Gasteiger partial charge in [-0.05, 0) is 60.1 Å². The van der Waals surface area contributed by atoms with Gasteiger partial charge in [-0.3, -0.25) is 0 Å². The fourth-order valence-electron chi connectivity index (χ4n) is 2.99. The van der Waals surface area contributed by atoms with Crippen molar-refractivity contribution in [2.75, 3.05) is 0 Å². The fourth-order valence-corrected chi connectivity index (χ4v) is 3.62. The molecule has 0 aliphatic heterocycles. The third-order valence-electron chi connectivity index (χ3n) is 3.99. The summed E-state index contributed by atoms with van der Waals surface area (Å²) in [4.78, 5) is 0. The molecule has 0 heterocycles. The molecule has 0 bridgehead atoms. The van der Waals surface area contributed by atoms with Crippen LogP contribution in [-0.2, 0) is 6.42 Å². The minimum absolute atomic E-state index is 0.120. The van der Waals surface area contributed by atoms with E-state index in [0.29, 0.717) is 5.92 Å². The summed E-state index contributed by atoms with van der Waals surface area (Å²) in [5.74, 6) is 0.630. The zero-order valence-corrected chi connectivity index (χ0v) is 12.7. The summed E-state index contributed by atoms with van der Waals surface area (Å²) in [5, 5.41) is 0. The highest BCUT2D eigenvalue weighted by atomic mass is 79.9. The molecule has 19 heavy (non-hydrogen) atoms. The lowest BCUT2D eigenvalue weighted by atomic mass is 9.74. The second kappa shape index (κ2) is 5.10. The molecular formula is C17H18BrN. The number of halogens is 1. The Bertz CT molecular complexity index is 586. The Kier molecular flexibility index (Phi) is 3.46. The van der Waals surface area contributed by atoms with Crippen molar-refractivity contribution in [1.82, 2.24) is 0 Å². The van der Waals surface area contributed by atoms with Gasteiger partial charge < -0.3 is 5.73 Å². The van der Waals surface area contributed by atoms with Crippen LogP contribution in [0, 0.1) is 6.92 Å². The van der Waals surface area contributed by atoms with Crippen LogP contribution >= 0.6 is 15.9 Å². The van der Waals surface area contributed by atoms with Gasteiger partial charge in [-0.15, -0.1) is 0 Å². The summed E-state index contributed by atoms with van der Waals surface area (Å²) < 4.78 is 1.12. The van der Waals surface area contributed by atoms with Gasteiger partial charge in [0.1, 0.15) is 0 Å². The maximum Gasteiger partial charge on any atom is 0.0301 e. The molecule has 0 fully saturated rings. The Balaban J connectivity index is 1.74. The molecule has 2 atom stereocenters. The van der Waals surface area contributed by atoms with Crippen LogP contribution in [0.3, 0.4) is 0 Å². The molecule has 98 valence electrons. The van der Waals surface area contributed by atoms with Gasteiger partial charge in [0.15, 0.2) is 0 Å². The van der Waals surface area contributed by atoms with Gasteiger partial charge in [0.2, 0.25) is 0 Å². The third kappa shape index (κ3) is 2.60. The summed E-state index contributed by atoms with van der Waals surface area (Å²) in [6.07, 6.45) is 2.21. The maximum absolute atomic E-state index is 6.38. The van der Waals surface area contributed by atoms with Crippen LogP contribution < -0.4 is 5.73 Å². The number of fused-ring (bicyclic) bond motifs is 1. The van der Waals surface area contributed by atoms with Gasteiger partial charge in [0.25, 0.3) is 0 Å². The van der Waals surface area contributed by atoms with E-state index in [4.69, 9.17) is 5.73 Å². The number of rotatable bonds is 3. The van der Waals surface area contributed by atoms with Crippen molar-refractivity contribution in [2.24, 2.45) is 5.73 Å². The lowest BCUT2D eigenvalue weighted by molar-refractivity contribution is 0.498. The molecule has 0 radical (unpaired) electrons. The summed E-state index contributed by atoms with van der Waals surface area (Å²) in [6.45, 7) is 2.11. The summed E-state index contributed by atoms with van der Waals surface area (Å²) in [6, 6.07) is 15.3. The van der Waals surface area contributed by atoms with Gasteiger partial charge in [-0.25, -0.2) is 0 Å². The van der Waals surface area contributed by atoms with E-state index in [0.717, 1.165) is 10.9 Å². The summed E-state index contributed by atoms with van der Waals surface area (Å²) in [5.41, 5.74) is 11.9. The van der Waals surface area contributed by atoms with Crippen molar-refractivity contribution in [3.63, 3.8) is 0 Å². The molecule has 2 N–H and O–H groups in total. The molecule has 0 aromatic heterocycles. The van der Waals surface area contributed by atoms with E-state index in [1.807, 2.05) is 0 Å². The smallest absolute Gasteiger partial charge is 0.0301 e. The van der Waals surface area contributed by atoms with E-state index in [1.165, 1.54) is 28.7 Å². The van der Waals surface area contributed by atoms with Gasteiger partial charge in [0.05, 0.1) is 0 Å². The highest BCUT2D eigenvalue weighted by molar-refractivity contribution is 9.10. The first-order valence-corrected chi connectivity index (χ1v) is 7.53. The van der Waals surface area contributed by atoms with Crippen LogP contribution in [0.15, 0.2) is 46.9 Å². The molecular weight excluding hydrogens is 298 g/mol. The number of aryl methyl sites for hydroxylation is 1. The average molecular weight is 316 g/mol. The second-order valence-electron chi connectivity index (χ2n) is 5.50. The van der Waals surface area contributed by atoms with Crippen molar-refractivity contribution in [3.8, 4) is 0 Å². The molecule has 0 saturated carbocycles. The third-order valence-corrected chi connectivity index (χ3v) is 4.45. The molecule has 0 spiro atoms. The monoisotopic (exact) mass is 315 g/mol. The number of hydrogen-bond acceptors (Lipinski definition) is 1. The van der Waals surface area contributed by atoms with Crippen LogP contribution in [-0.4, -0.2) is 0 Å². The molecule has 0 saturated heterocycles. The Labute approximate surface area is 123 Å². The van der Waals surface area contributed by atoms with Gasteiger partial charge in [0, 0.05) is 10.5 Å². The van der Waals surface area contributed by atoms with Crippen molar-refractivity contribution >= 4 is 15.9 Å². The molecule has 2 aromatic carbocycles. The van der Waals surface area contributed by atoms with Crippen LogP contribution in [0.25, 0.3) is 0 Å². The molecule has 1 nitrogen and oxygen atoms in total. The first-order valence-electron chi connectivity index (χ1n) is 6.74. The summed E-state index contributed by atoms with van der Waals surface area (Å²) in [7, 11) is 0. The van der Waals surface area contributed by atoms with Crippen LogP contribution in [0.2, 0.25) is 0 Å². The van der Waals surface area contributed by atoms with E-state index >= 15 is 0 Å². The predicted octanol–water partition coefficient (Wildman–Crippen LogP) is 4.49. The quantitative estimate of drug-likeness (QED) is 0.887. The first-order chi connectivity index (χ1) is 9.13.